The van der Waals surface area contributed by atoms with Gasteiger partial charge < -0.3 is 20.7 Å². The molecule has 0 amide bonds. The number of rotatable bonds is 3. The van der Waals surface area contributed by atoms with Gasteiger partial charge in [0.1, 0.15) is 0 Å². The lowest BCUT2D eigenvalue weighted by molar-refractivity contribution is 0.290. The fourth-order valence-electron chi connectivity index (χ4n) is 0.599. The van der Waals surface area contributed by atoms with Crippen LogP contribution in [0.5, 0.6) is 0 Å². The molecule has 0 saturated carbocycles. The van der Waals surface area contributed by atoms with E-state index in [2.05, 4.69) is 0 Å². The van der Waals surface area contributed by atoms with Crippen molar-refractivity contribution >= 4 is 7.12 Å². The number of nitrogens with zero attached hydrogens (tertiary/aromatic N) is 1. The second kappa shape index (κ2) is 3.84. The molecule has 0 rings (SSSR count). The van der Waals surface area contributed by atoms with Gasteiger partial charge in [-0.25, -0.2) is 0 Å². The summed E-state index contributed by atoms with van der Waals surface area (Å²) in [5.74, 6) is -0.356. The molecule has 0 spiro atoms. The van der Waals surface area contributed by atoms with Gasteiger partial charge >= 0.3 is 7.12 Å². The molecule has 0 bridgehead atoms. The van der Waals surface area contributed by atoms with Crippen LogP contribution in [-0.4, -0.2) is 48.6 Å². The smallest absolute Gasteiger partial charge is 0.426 e. The fraction of sp³-hybridized carbons (Fsp3) is 1.00. The Bertz CT molecular complexity index is 71.0. The Kier molecular flexibility index (Phi) is 3.80. The summed E-state index contributed by atoms with van der Waals surface area (Å²) >= 11 is 0. The first-order chi connectivity index (χ1) is 4.09. The van der Waals surface area contributed by atoms with Gasteiger partial charge in [0.25, 0.3) is 0 Å². The van der Waals surface area contributed by atoms with Crippen molar-refractivity contribution < 1.29 is 10.0 Å². The zero-order chi connectivity index (χ0) is 7.44. The summed E-state index contributed by atoms with van der Waals surface area (Å²) in [5, 5.41) is 17.2. The van der Waals surface area contributed by atoms with Crippen LogP contribution in [-0.2, 0) is 0 Å². The molecule has 0 saturated heterocycles. The Morgan fingerprint density at radius 2 is 2.00 bits per heavy atom. The van der Waals surface area contributed by atoms with Crippen LogP contribution in [0.25, 0.3) is 0 Å². The molecule has 0 aliphatic carbocycles. The lowest BCUT2D eigenvalue weighted by atomic mass is 9.79. The Morgan fingerprint density at radius 1 is 1.56 bits per heavy atom. The Balaban J connectivity index is 3.68. The molecule has 4 nitrogen and oxygen atoms in total. The highest BCUT2D eigenvalue weighted by Crippen LogP contribution is 1.90. The summed E-state index contributed by atoms with van der Waals surface area (Å²) in [5.41, 5.74) is 5.21. The Labute approximate surface area is 55.4 Å². The largest absolute Gasteiger partial charge is 0.471 e. The molecule has 4 N–H and O–H groups in total. The molecule has 0 aromatic rings. The van der Waals surface area contributed by atoms with E-state index in [0.717, 1.165) is 0 Å². The first-order valence-electron chi connectivity index (χ1n) is 2.82. The topological polar surface area (TPSA) is 69.7 Å². The molecule has 0 aliphatic heterocycles. The monoisotopic (exact) mass is 132 g/mol. The SMILES string of the molecule is CN(C)C(CN)B(O)O. The van der Waals surface area contributed by atoms with Crippen LogP contribution in [0, 0.1) is 0 Å². The van der Waals surface area contributed by atoms with Crippen molar-refractivity contribution in [1.82, 2.24) is 4.90 Å². The molecule has 0 fully saturated rings. The van der Waals surface area contributed by atoms with Crippen molar-refractivity contribution in [2.45, 2.75) is 5.94 Å². The van der Waals surface area contributed by atoms with E-state index in [0.29, 0.717) is 0 Å². The van der Waals surface area contributed by atoms with Crippen LogP contribution >= 0.6 is 0 Å². The summed E-state index contributed by atoms with van der Waals surface area (Å²) in [7, 11) is 2.15. The van der Waals surface area contributed by atoms with Crippen molar-refractivity contribution in [3.8, 4) is 0 Å². The van der Waals surface area contributed by atoms with Gasteiger partial charge in [-0.15, -0.1) is 0 Å². The highest BCUT2D eigenvalue weighted by atomic mass is 16.4. The van der Waals surface area contributed by atoms with Gasteiger partial charge in [-0.05, 0) is 14.1 Å². The fourth-order valence-corrected chi connectivity index (χ4v) is 0.599. The molecule has 1 unspecified atom stereocenters. The third-order valence-electron chi connectivity index (χ3n) is 1.25. The Morgan fingerprint density at radius 3 is 2.00 bits per heavy atom. The molecule has 0 aliphatic rings. The molecule has 0 heterocycles. The summed E-state index contributed by atoms with van der Waals surface area (Å²) in [4.78, 5) is 1.67. The standard InChI is InChI=1S/C4H13BN2O2/c1-7(2)4(3-6)5(8)9/h4,8-9H,3,6H2,1-2H3. The third-order valence-corrected chi connectivity index (χ3v) is 1.25. The maximum atomic E-state index is 8.62. The molecule has 0 radical (unpaired) electrons. The molecule has 0 aromatic carbocycles. The third kappa shape index (κ3) is 2.81. The second-order valence-corrected chi connectivity index (χ2v) is 2.18. The number of likely N-dealkylation sites (N-methyl/N-ethyl adjacent to an activating group) is 1. The molecule has 0 aromatic heterocycles. The first kappa shape index (κ1) is 8.90. The predicted molar refractivity (Wildman–Crippen MR) is 36.7 cm³/mol. The minimum Gasteiger partial charge on any atom is -0.426 e. The summed E-state index contributed by atoms with van der Waals surface area (Å²) in [6.07, 6.45) is 0. The average molecular weight is 132 g/mol. The average Bonchev–Trinajstić information content (AvgIpc) is 1.64. The quantitative estimate of drug-likeness (QED) is 0.384. The maximum absolute atomic E-state index is 8.62. The molecule has 1 atom stereocenters. The summed E-state index contributed by atoms with van der Waals surface area (Å²) in [6, 6.07) is 0. The second-order valence-electron chi connectivity index (χ2n) is 2.18. The van der Waals surface area contributed by atoms with E-state index >= 15 is 0 Å². The van der Waals surface area contributed by atoms with E-state index in [1.54, 1.807) is 19.0 Å². The zero-order valence-corrected chi connectivity index (χ0v) is 5.78. The van der Waals surface area contributed by atoms with Crippen molar-refractivity contribution in [2.24, 2.45) is 5.73 Å². The van der Waals surface area contributed by atoms with Crippen molar-refractivity contribution in [3.05, 3.63) is 0 Å². The van der Waals surface area contributed by atoms with E-state index in [4.69, 9.17) is 15.8 Å². The van der Waals surface area contributed by atoms with Crippen LogP contribution in [0.1, 0.15) is 0 Å². The first-order valence-corrected chi connectivity index (χ1v) is 2.82. The van der Waals surface area contributed by atoms with Crippen LogP contribution in [0.3, 0.4) is 0 Å². The van der Waals surface area contributed by atoms with E-state index in [1.807, 2.05) is 0 Å². The lowest BCUT2D eigenvalue weighted by Gasteiger charge is -2.20. The molecular formula is C4H13BN2O2. The van der Waals surface area contributed by atoms with E-state index in [9.17, 15) is 0 Å². The minimum absolute atomic E-state index is 0.255. The van der Waals surface area contributed by atoms with Gasteiger partial charge in [-0.1, -0.05) is 0 Å². The van der Waals surface area contributed by atoms with Crippen LogP contribution < -0.4 is 5.73 Å². The van der Waals surface area contributed by atoms with Crippen molar-refractivity contribution in [3.63, 3.8) is 0 Å². The van der Waals surface area contributed by atoms with Crippen molar-refractivity contribution in [1.29, 1.82) is 0 Å². The van der Waals surface area contributed by atoms with Gasteiger partial charge in [0, 0.05) is 6.54 Å². The van der Waals surface area contributed by atoms with Crippen LogP contribution in [0.15, 0.2) is 0 Å². The minimum atomic E-state index is -1.34. The molecule has 5 heteroatoms. The summed E-state index contributed by atoms with van der Waals surface area (Å²) < 4.78 is 0. The highest BCUT2D eigenvalue weighted by Gasteiger charge is 2.23. The normalized spacial score (nSPS) is 14.0. The van der Waals surface area contributed by atoms with Crippen LogP contribution in [0.4, 0.5) is 0 Å². The molecule has 54 valence electrons. The van der Waals surface area contributed by atoms with Crippen LogP contribution in [0.2, 0.25) is 0 Å². The van der Waals surface area contributed by atoms with Gasteiger partial charge in [0.05, 0.1) is 5.94 Å². The number of hydrogen-bond acceptors (Lipinski definition) is 4. The van der Waals surface area contributed by atoms with Gasteiger partial charge in [-0.2, -0.15) is 0 Å². The Hall–Kier alpha value is -0.0951. The molecular weight excluding hydrogens is 119 g/mol. The highest BCUT2D eigenvalue weighted by molar-refractivity contribution is 6.43. The van der Waals surface area contributed by atoms with Gasteiger partial charge in [0.2, 0.25) is 0 Å². The number of hydrogen-bond donors (Lipinski definition) is 3. The van der Waals surface area contributed by atoms with E-state index in [-0.39, 0.29) is 12.5 Å². The van der Waals surface area contributed by atoms with Gasteiger partial charge in [0.15, 0.2) is 0 Å². The predicted octanol–water partition coefficient (Wildman–Crippen LogP) is -2.11. The zero-order valence-electron chi connectivity index (χ0n) is 5.78. The summed E-state index contributed by atoms with van der Waals surface area (Å²) in [6.45, 7) is 0.255. The maximum Gasteiger partial charge on any atom is 0.471 e. The lowest BCUT2D eigenvalue weighted by Crippen LogP contribution is -2.47. The van der Waals surface area contributed by atoms with E-state index < -0.39 is 7.12 Å². The van der Waals surface area contributed by atoms with E-state index in [1.165, 1.54) is 0 Å². The van der Waals surface area contributed by atoms with Crippen molar-refractivity contribution in [2.75, 3.05) is 20.6 Å². The number of nitrogens with two attached hydrogens (primary N) is 1. The molecule has 9 heavy (non-hydrogen) atoms. The van der Waals surface area contributed by atoms with Gasteiger partial charge in [-0.3, -0.25) is 0 Å².